The highest BCUT2D eigenvalue weighted by Gasteiger charge is 1.82. The van der Waals surface area contributed by atoms with Crippen LogP contribution in [0.15, 0.2) is 0 Å². The molecule has 0 spiro atoms. The molecule has 0 unspecified atom stereocenters. The molecule has 3 heteroatoms. The largest absolute Gasteiger partial charge is 0.311 e. The summed E-state index contributed by atoms with van der Waals surface area (Å²) in [5.41, 5.74) is 0. The molecule has 0 rings (SSSR count). The van der Waals surface area contributed by atoms with E-state index < -0.39 is 0 Å². The van der Waals surface area contributed by atoms with E-state index in [9.17, 15) is 0 Å². The van der Waals surface area contributed by atoms with Crippen LogP contribution in [0.5, 0.6) is 0 Å². The highest BCUT2D eigenvalue weighted by molar-refractivity contribution is 8.15. The molecule has 0 saturated heterocycles. The van der Waals surface area contributed by atoms with Crippen LogP contribution >= 0.6 is 23.5 Å². The number of hydrogen-bond acceptors (Lipinski definition) is 3. The van der Waals surface area contributed by atoms with Gasteiger partial charge < -0.3 is 5.32 Å². The van der Waals surface area contributed by atoms with Crippen molar-refractivity contribution < 1.29 is 0 Å². The van der Waals surface area contributed by atoms with Gasteiger partial charge in [0.05, 0.1) is 0 Å². The molecule has 0 aliphatic carbocycles. The molecule has 0 fully saturated rings. The minimum atomic E-state index is 1.08. The molecule has 1 N–H and O–H groups in total. The molecule has 50 valence electrons. The Morgan fingerprint density at radius 2 is 2.12 bits per heavy atom. The zero-order chi connectivity index (χ0) is 6.24. The molecule has 0 atom stereocenters. The van der Waals surface area contributed by atoms with Crippen molar-refractivity contribution >= 4 is 23.5 Å². The predicted molar refractivity (Wildman–Crippen MR) is 44.5 cm³/mol. The molecule has 0 aromatic carbocycles. The molecule has 0 aliphatic rings. The van der Waals surface area contributed by atoms with E-state index in [-0.39, 0.29) is 0 Å². The van der Waals surface area contributed by atoms with Crippen molar-refractivity contribution in [2.75, 3.05) is 23.8 Å². The van der Waals surface area contributed by atoms with E-state index >= 15 is 0 Å². The molecular weight excluding hydrogens is 138 g/mol. The Morgan fingerprint density at radius 1 is 1.38 bits per heavy atom. The molecule has 1 nitrogen and oxygen atoms in total. The summed E-state index contributed by atoms with van der Waals surface area (Å²) in [6.45, 7) is 2.19. The van der Waals surface area contributed by atoms with Crippen molar-refractivity contribution in [2.24, 2.45) is 0 Å². The molecule has 0 aromatic rings. The maximum atomic E-state index is 3.08. The molecule has 8 heavy (non-hydrogen) atoms. The second kappa shape index (κ2) is 7.66. The van der Waals surface area contributed by atoms with Gasteiger partial charge in [0.25, 0.3) is 0 Å². The van der Waals surface area contributed by atoms with Crippen molar-refractivity contribution in [2.45, 2.75) is 6.92 Å². The normalized spacial score (nSPS) is 9.75. The maximum Gasteiger partial charge on any atom is 0.0423 e. The van der Waals surface area contributed by atoms with Crippen LogP contribution in [-0.4, -0.2) is 23.8 Å². The summed E-state index contributed by atoms with van der Waals surface area (Å²) in [7, 11) is 1.98. The van der Waals surface area contributed by atoms with Gasteiger partial charge in [0.1, 0.15) is 0 Å². The molecule has 0 saturated carbocycles. The average molecular weight is 151 g/mol. The highest BCUT2D eigenvalue weighted by Crippen LogP contribution is 2.08. The van der Waals surface area contributed by atoms with Crippen LogP contribution < -0.4 is 5.32 Å². The summed E-state index contributed by atoms with van der Waals surface area (Å²) in [6.07, 6.45) is 0. The Balaban J connectivity index is 2.53. The monoisotopic (exact) mass is 151 g/mol. The SMILES string of the molecule is CCSCSCNC. The van der Waals surface area contributed by atoms with Gasteiger partial charge in [0, 0.05) is 11.0 Å². The van der Waals surface area contributed by atoms with Crippen molar-refractivity contribution in [3.05, 3.63) is 0 Å². The minimum absolute atomic E-state index is 1.08. The van der Waals surface area contributed by atoms with E-state index in [1.807, 2.05) is 30.6 Å². The van der Waals surface area contributed by atoms with Gasteiger partial charge in [0.15, 0.2) is 0 Å². The van der Waals surface area contributed by atoms with Crippen molar-refractivity contribution in [1.29, 1.82) is 0 Å². The van der Waals surface area contributed by atoms with Crippen LogP contribution in [0.4, 0.5) is 0 Å². The number of thioether (sulfide) groups is 2. The van der Waals surface area contributed by atoms with E-state index in [1.54, 1.807) is 0 Å². The van der Waals surface area contributed by atoms with E-state index in [2.05, 4.69) is 12.2 Å². The van der Waals surface area contributed by atoms with Crippen molar-refractivity contribution in [3.63, 3.8) is 0 Å². The summed E-state index contributed by atoms with van der Waals surface area (Å²) in [5.74, 6) is 2.31. The van der Waals surface area contributed by atoms with Crippen LogP contribution in [0.25, 0.3) is 0 Å². The average Bonchev–Trinajstić information content (AvgIpc) is 1.81. The van der Waals surface area contributed by atoms with Gasteiger partial charge in [-0.3, -0.25) is 0 Å². The summed E-state index contributed by atoms with van der Waals surface area (Å²) in [6, 6.07) is 0. The first-order valence-corrected chi connectivity index (χ1v) is 5.02. The van der Waals surface area contributed by atoms with Gasteiger partial charge in [-0.05, 0) is 12.8 Å². The van der Waals surface area contributed by atoms with Crippen LogP contribution in [0.2, 0.25) is 0 Å². The van der Waals surface area contributed by atoms with Crippen LogP contribution in [0, 0.1) is 0 Å². The van der Waals surface area contributed by atoms with E-state index in [4.69, 9.17) is 0 Å². The molecule has 0 amide bonds. The Labute approximate surface area is 60.0 Å². The molecule has 0 radical (unpaired) electrons. The summed E-state index contributed by atoms with van der Waals surface area (Å²) >= 11 is 3.90. The number of hydrogen-bond donors (Lipinski definition) is 1. The number of rotatable bonds is 5. The number of nitrogens with one attached hydrogen (secondary N) is 1. The zero-order valence-corrected chi connectivity index (χ0v) is 7.07. The van der Waals surface area contributed by atoms with Crippen molar-refractivity contribution in [3.8, 4) is 0 Å². The Kier molecular flexibility index (Phi) is 8.29. The fourth-order valence-corrected chi connectivity index (χ4v) is 1.96. The summed E-state index contributed by atoms with van der Waals surface area (Å²) in [4.78, 5) is 0. The fourth-order valence-electron chi connectivity index (χ4n) is 0.286. The van der Waals surface area contributed by atoms with E-state index in [0.29, 0.717) is 0 Å². The highest BCUT2D eigenvalue weighted by atomic mass is 32.2. The Bertz CT molecular complexity index is 35.4. The third-order valence-electron chi connectivity index (χ3n) is 0.617. The van der Waals surface area contributed by atoms with E-state index in [0.717, 1.165) is 5.88 Å². The first-order chi connectivity index (χ1) is 3.91. The van der Waals surface area contributed by atoms with E-state index in [1.165, 1.54) is 10.8 Å². The first-order valence-electron chi connectivity index (χ1n) is 2.72. The zero-order valence-electron chi connectivity index (χ0n) is 5.44. The molecule has 0 aromatic heterocycles. The van der Waals surface area contributed by atoms with Gasteiger partial charge >= 0.3 is 0 Å². The smallest absolute Gasteiger partial charge is 0.0423 e. The first kappa shape index (κ1) is 8.66. The van der Waals surface area contributed by atoms with Crippen LogP contribution in [0.3, 0.4) is 0 Å². The quantitative estimate of drug-likeness (QED) is 0.473. The second-order valence-electron chi connectivity index (χ2n) is 1.31. The van der Waals surface area contributed by atoms with Gasteiger partial charge in [-0.2, -0.15) is 11.8 Å². The maximum absolute atomic E-state index is 3.08. The summed E-state index contributed by atoms with van der Waals surface area (Å²) in [5, 5.41) is 4.30. The lowest BCUT2D eigenvalue weighted by Crippen LogP contribution is -2.03. The van der Waals surface area contributed by atoms with Crippen LogP contribution in [-0.2, 0) is 0 Å². The third-order valence-corrected chi connectivity index (χ3v) is 2.85. The lowest BCUT2D eigenvalue weighted by atomic mass is 11.0. The minimum Gasteiger partial charge on any atom is -0.311 e. The predicted octanol–water partition coefficient (Wildman–Crippen LogP) is 1.61. The Hall–Kier alpha value is 0.660. The molecule has 0 heterocycles. The third kappa shape index (κ3) is 6.66. The fraction of sp³-hybridized carbons (Fsp3) is 1.00. The van der Waals surface area contributed by atoms with Gasteiger partial charge in [-0.15, -0.1) is 11.8 Å². The Morgan fingerprint density at radius 3 is 2.62 bits per heavy atom. The lowest BCUT2D eigenvalue weighted by Gasteiger charge is -1.95. The molecule has 0 bridgehead atoms. The lowest BCUT2D eigenvalue weighted by molar-refractivity contribution is 0.984. The van der Waals surface area contributed by atoms with Gasteiger partial charge in [-0.25, -0.2) is 0 Å². The summed E-state index contributed by atoms with van der Waals surface area (Å²) < 4.78 is 0. The van der Waals surface area contributed by atoms with Gasteiger partial charge in [0.2, 0.25) is 0 Å². The molecule has 0 aliphatic heterocycles. The standard InChI is InChI=1S/C5H13NS2/c1-3-7-5-8-4-6-2/h6H,3-5H2,1-2H3. The van der Waals surface area contributed by atoms with Gasteiger partial charge in [-0.1, -0.05) is 6.92 Å². The second-order valence-corrected chi connectivity index (χ2v) is 3.94. The van der Waals surface area contributed by atoms with Crippen molar-refractivity contribution in [1.82, 2.24) is 5.32 Å². The topological polar surface area (TPSA) is 12.0 Å². The molecular formula is C5H13NS2. The van der Waals surface area contributed by atoms with Crippen LogP contribution in [0.1, 0.15) is 6.92 Å².